The fourth-order valence-electron chi connectivity index (χ4n) is 5.34. The van der Waals surface area contributed by atoms with Crippen LogP contribution in [0.4, 0.5) is 0 Å². The van der Waals surface area contributed by atoms with Crippen LogP contribution in [0.1, 0.15) is 20.3 Å². The molecule has 3 fully saturated rings. The molecule has 8 nitrogen and oxygen atoms in total. The molecule has 0 spiro atoms. The molecule has 4 aliphatic rings. The molecule has 8 heteroatoms. The largest absolute Gasteiger partial charge is 0.379 e. The van der Waals surface area contributed by atoms with Gasteiger partial charge in [-0.15, -0.1) is 0 Å². The van der Waals surface area contributed by atoms with Gasteiger partial charge >= 0.3 is 0 Å². The summed E-state index contributed by atoms with van der Waals surface area (Å²) >= 11 is 0. The summed E-state index contributed by atoms with van der Waals surface area (Å²) in [5.74, 6) is 1.53. The quantitative estimate of drug-likeness (QED) is 0.256. The van der Waals surface area contributed by atoms with Gasteiger partial charge in [0.1, 0.15) is 0 Å². The van der Waals surface area contributed by atoms with Crippen LogP contribution in [0.25, 0.3) is 0 Å². The highest BCUT2D eigenvalue weighted by atomic mass is 16.5. The lowest BCUT2D eigenvalue weighted by molar-refractivity contribution is -0.140. The molecule has 2 N–H and O–H groups in total. The number of carbonyl (C=O) groups is 2. The maximum absolute atomic E-state index is 12.8. The van der Waals surface area contributed by atoms with E-state index >= 15 is 0 Å². The van der Waals surface area contributed by atoms with E-state index in [9.17, 15) is 9.59 Å². The van der Waals surface area contributed by atoms with Crippen molar-refractivity contribution in [3.05, 3.63) is 12.2 Å². The zero-order valence-electron chi connectivity index (χ0n) is 18.2. The summed E-state index contributed by atoms with van der Waals surface area (Å²) in [5.41, 5.74) is 0. The summed E-state index contributed by atoms with van der Waals surface area (Å²) in [7, 11) is 0. The van der Waals surface area contributed by atoms with Gasteiger partial charge in [-0.3, -0.25) is 24.4 Å². The summed E-state index contributed by atoms with van der Waals surface area (Å²) in [6.07, 6.45) is 5.23. The maximum atomic E-state index is 12.8. The van der Waals surface area contributed by atoms with Gasteiger partial charge in [-0.25, -0.2) is 0 Å². The highest BCUT2D eigenvalue weighted by Crippen LogP contribution is 2.52. The Morgan fingerprint density at radius 2 is 1.83 bits per heavy atom. The third-order valence-electron chi connectivity index (χ3n) is 6.77. The second-order valence-electron chi connectivity index (χ2n) is 8.99. The molecule has 0 radical (unpaired) electrons. The van der Waals surface area contributed by atoms with Crippen molar-refractivity contribution < 1.29 is 14.3 Å². The van der Waals surface area contributed by atoms with Crippen LogP contribution in [-0.2, 0) is 14.3 Å². The zero-order valence-corrected chi connectivity index (χ0v) is 18.2. The molecule has 166 valence electrons. The molecule has 5 atom stereocenters. The molecule has 2 aliphatic carbocycles. The standard InChI is InChI=1S/C22H35N5O3/c1-3-23-22(25-13-15(2)14-26-8-10-30-11-9-26)24-6-7-27-20(28)18-16-4-5-17(12-16)19(18)21(27)29/h4-5,15-19H,3,6-14H2,1-2H3,(H2,23,24,25). The molecule has 2 saturated heterocycles. The predicted octanol–water partition coefficient (Wildman–Crippen LogP) is 0.317. The molecule has 2 bridgehead atoms. The summed E-state index contributed by atoms with van der Waals surface area (Å²) < 4.78 is 5.41. The lowest BCUT2D eigenvalue weighted by Gasteiger charge is -2.28. The fraction of sp³-hybridized carbons (Fsp3) is 0.773. The number of nitrogens with zero attached hydrogens (tertiary/aromatic N) is 3. The normalized spacial score (nSPS) is 32.1. The van der Waals surface area contributed by atoms with Crippen LogP contribution >= 0.6 is 0 Å². The van der Waals surface area contributed by atoms with Crippen LogP contribution in [-0.4, -0.2) is 86.6 Å². The highest BCUT2D eigenvalue weighted by molar-refractivity contribution is 6.06. The molecule has 2 heterocycles. The minimum Gasteiger partial charge on any atom is -0.379 e. The minimum absolute atomic E-state index is 0.0183. The van der Waals surface area contributed by atoms with E-state index < -0.39 is 0 Å². The SMILES string of the molecule is CCNC(=NCC(C)CN1CCOCC1)NCCN1C(=O)C2C3C=CC(C3)C2C1=O. The number of ether oxygens (including phenoxy) is 1. The van der Waals surface area contributed by atoms with Crippen molar-refractivity contribution in [3.63, 3.8) is 0 Å². The Labute approximate surface area is 179 Å². The van der Waals surface area contributed by atoms with Gasteiger partial charge in [0.05, 0.1) is 25.0 Å². The van der Waals surface area contributed by atoms with Crippen LogP contribution in [0.2, 0.25) is 0 Å². The molecule has 0 aromatic heterocycles. The van der Waals surface area contributed by atoms with E-state index in [0.717, 1.165) is 58.3 Å². The Balaban J connectivity index is 1.24. The number of hydrogen-bond donors (Lipinski definition) is 2. The van der Waals surface area contributed by atoms with Gasteiger partial charge < -0.3 is 15.4 Å². The number of carbonyl (C=O) groups excluding carboxylic acids is 2. The number of fused-ring (bicyclic) bond motifs is 5. The van der Waals surface area contributed by atoms with E-state index in [1.807, 2.05) is 6.92 Å². The van der Waals surface area contributed by atoms with Gasteiger partial charge in [-0.2, -0.15) is 0 Å². The number of aliphatic imine (C=N–C) groups is 1. The third kappa shape index (κ3) is 4.39. The molecule has 30 heavy (non-hydrogen) atoms. The van der Waals surface area contributed by atoms with Gasteiger partial charge in [-0.1, -0.05) is 19.1 Å². The maximum Gasteiger partial charge on any atom is 0.233 e. The van der Waals surface area contributed by atoms with E-state index in [2.05, 4.69) is 34.6 Å². The zero-order chi connectivity index (χ0) is 21.1. The minimum atomic E-state index is -0.115. The number of nitrogens with one attached hydrogen (secondary N) is 2. The van der Waals surface area contributed by atoms with Crippen molar-refractivity contribution in [2.45, 2.75) is 20.3 Å². The van der Waals surface area contributed by atoms with Gasteiger partial charge in [0.25, 0.3) is 0 Å². The Hall–Kier alpha value is -1.93. The number of amides is 2. The first-order valence-electron chi connectivity index (χ1n) is 11.4. The number of likely N-dealkylation sites (tertiary alicyclic amines) is 1. The summed E-state index contributed by atoms with van der Waals surface area (Å²) in [5, 5.41) is 6.56. The first-order chi connectivity index (χ1) is 14.6. The first kappa shape index (κ1) is 21.3. The Kier molecular flexibility index (Phi) is 6.73. The Morgan fingerprint density at radius 1 is 1.17 bits per heavy atom. The lowest BCUT2D eigenvalue weighted by atomic mass is 9.85. The van der Waals surface area contributed by atoms with Crippen LogP contribution < -0.4 is 10.6 Å². The van der Waals surface area contributed by atoms with Crippen molar-refractivity contribution in [2.75, 3.05) is 59.0 Å². The van der Waals surface area contributed by atoms with E-state index in [1.54, 1.807) is 0 Å². The summed E-state index contributed by atoms with van der Waals surface area (Å²) in [6.45, 7) is 11.3. The molecule has 0 aromatic carbocycles. The van der Waals surface area contributed by atoms with E-state index in [1.165, 1.54) is 4.90 Å². The molecule has 4 rings (SSSR count). The molecule has 5 unspecified atom stereocenters. The molecular formula is C22H35N5O3. The molecule has 0 aromatic rings. The number of imide groups is 1. The van der Waals surface area contributed by atoms with E-state index in [0.29, 0.717) is 19.0 Å². The van der Waals surface area contributed by atoms with Gasteiger partial charge in [0.15, 0.2) is 5.96 Å². The first-order valence-corrected chi connectivity index (χ1v) is 11.4. The average Bonchev–Trinajstić information content (AvgIpc) is 3.42. The number of guanidine groups is 1. The van der Waals surface area contributed by atoms with E-state index in [-0.39, 0.29) is 35.5 Å². The van der Waals surface area contributed by atoms with Gasteiger partial charge in [-0.05, 0) is 31.1 Å². The molecular weight excluding hydrogens is 382 g/mol. The second kappa shape index (κ2) is 9.47. The second-order valence-corrected chi connectivity index (χ2v) is 8.99. The van der Waals surface area contributed by atoms with Crippen LogP contribution in [0.3, 0.4) is 0 Å². The monoisotopic (exact) mass is 417 g/mol. The Bertz CT molecular complexity index is 673. The number of morpholine rings is 1. The number of rotatable bonds is 8. The summed E-state index contributed by atoms with van der Waals surface area (Å²) in [6, 6.07) is 0. The van der Waals surface area contributed by atoms with Crippen LogP contribution in [0, 0.1) is 29.6 Å². The number of hydrogen-bond acceptors (Lipinski definition) is 5. The van der Waals surface area contributed by atoms with Crippen molar-refractivity contribution in [1.82, 2.24) is 20.4 Å². The molecule has 2 aliphatic heterocycles. The summed E-state index contributed by atoms with van der Waals surface area (Å²) in [4.78, 5) is 34.2. The van der Waals surface area contributed by atoms with Crippen molar-refractivity contribution in [2.24, 2.45) is 34.6 Å². The molecule has 2 amide bonds. The van der Waals surface area contributed by atoms with Gasteiger partial charge in [0.2, 0.25) is 11.8 Å². The third-order valence-corrected chi connectivity index (χ3v) is 6.77. The molecule has 1 saturated carbocycles. The Morgan fingerprint density at radius 3 is 2.47 bits per heavy atom. The van der Waals surface area contributed by atoms with Crippen molar-refractivity contribution in [1.29, 1.82) is 0 Å². The fourth-order valence-corrected chi connectivity index (χ4v) is 5.34. The highest BCUT2D eigenvalue weighted by Gasteiger charge is 2.58. The van der Waals surface area contributed by atoms with Crippen LogP contribution in [0.15, 0.2) is 17.1 Å². The van der Waals surface area contributed by atoms with E-state index in [4.69, 9.17) is 9.73 Å². The van der Waals surface area contributed by atoms with Crippen molar-refractivity contribution >= 4 is 17.8 Å². The van der Waals surface area contributed by atoms with Crippen molar-refractivity contribution in [3.8, 4) is 0 Å². The lowest BCUT2D eigenvalue weighted by Crippen LogP contribution is -2.44. The average molecular weight is 418 g/mol. The van der Waals surface area contributed by atoms with Crippen LogP contribution in [0.5, 0.6) is 0 Å². The topological polar surface area (TPSA) is 86.3 Å². The smallest absolute Gasteiger partial charge is 0.233 e. The predicted molar refractivity (Wildman–Crippen MR) is 115 cm³/mol. The van der Waals surface area contributed by atoms with Gasteiger partial charge in [0, 0.05) is 45.8 Å². The number of allylic oxidation sites excluding steroid dienone is 2.